The lowest BCUT2D eigenvalue weighted by atomic mass is 10.0. The van der Waals surface area contributed by atoms with Gasteiger partial charge in [-0.3, -0.25) is 4.79 Å². The number of ether oxygens (including phenoxy) is 3. The minimum absolute atomic E-state index is 0.0764. The van der Waals surface area contributed by atoms with Crippen LogP contribution < -0.4 is 14.2 Å². The molecule has 0 aliphatic carbocycles. The Balaban J connectivity index is 2.37. The number of carbonyl (C=O) groups is 1. The number of benzene rings is 2. The van der Waals surface area contributed by atoms with Crippen LogP contribution in [0.1, 0.15) is 63.0 Å². The molecule has 0 heterocycles. The summed E-state index contributed by atoms with van der Waals surface area (Å²) in [5, 5.41) is 0. The molecule has 0 aliphatic heterocycles. The lowest BCUT2D eigenvalue weighted by Gasteiger charge is -2.26. The van der Waals surface area contributed by atoms with E-state index in [9.17, 15) is 4.79 Å². The zero-order valence-electron chi connectivity index (χ0n) is 18.8. The summed E-state index contributed by atoms with van der Waals surface area (Å²) in [5.74, 6) is 2.10. The zero-order valence-corrected chi connectivity index (χ0v) is 18.8. The average Bonchev–Trinajstić information content (AvgIpc) is 2.60. The molecule has 0 N–H and O–H groups in total. The van der Waals surface area contributed by atoms with Crippen LogP contribution >= 0.6 is 0 Å². The number of carbonyl (C=O) groups excluding carboxylic acids is 1. The highest BCUT2D eigenvalue weighted by atomic mass is 16.5. The Bertz CT molecular complexity index is 879. The molecular weight excluding hydrogens is 364 g/mol. The van der Waals surface area contributed by atoms with E-state index in [0.717, 1.165) is 22.6 Å². The highest BCUT2D eigenvalue weighted by Gasteiger charge is 2.18. The molecule has 29 heavy (non-hydrogen) atoms. The van der Waals surface area contributed by atoms with Gasteiger partial charge in [-0.2, -0.15) is 0 Å². The van der Waals surface area contributed by atoms with E-state index in [1.54, 1.807) is 37.5 Å². The monoisotopic (exact) mass is 396 g/mol. The first-order valence-electron chi connectivity index (χ1n) is 9.77. The van der Waals surface area contributed by atoms with E-state index in [-0.39, 0.29) is 17.0 Å². The molecule has 0 amide bonds. The summed E-state index contributed by atoms with van der Waals surface area (Å²) in [6.45, 7) is 14.0. The van der Waals surface area contributed by atoms with Crippen molar-refractivity contribution in [2.24, 2.45) is 0 Å². The van der Waals surface area contributed by atoms with Crippen LogP contribution in [0.2, 0.25) is 0 Å². The predicted molar refractivity (Wildman–Crippen MR) is 118 cm³/mol. The van der Waals surface area contributed by atoms with Gasteiger partial charge < -0.3 is 14.2 Å². The molecule has 2 rings (SSSR count). The molecular formula is C25H32O4. The van der Waals surface area contributed by atoms with Crippen LogP contribution in [0.15, 0.2) is 42.5 Å². The summed E-state index contributed by atoms with van der Waals surface area (Å²) in [4.78, 5) is 12.6. The molecule has 0 atom stereocenters. The number of allylic oxidation sites excluding steroid dienone is 1. The van der Waals surface area contributed by atoms with Gasteiger partial charge in [0.25, 0.3) is 0 Å². The quantitative estimate of drug-likeness (QED) is 0.427. The maximum Gasteiger partial charge on any atom is 0.185 e. The third-order valence-corrected chi connectivity index (χ3v) is 4.00. The zero-order chi connectivity index (χ0) is 21.8. The van der Waals surface area contributed by atoms with Crippen molar-refractivity contribution in [1.29, 1.82) is 0 Å². The van der Waals surface area contributed by atoms with Crippen molar-refractivity contribution >= 4 is 11.9 Å². The Morgan fingerprint density at radius 1 is 0.862 bits per heavy atom. The van der Waals surface area contributed by atoms with Crippen molar-refractivity contribution in [1.82, 2.24) is 0 Å². The van der Waals surface area contributed by atoms with Crippen molar-refractivity contribution in [3.05, 3.63) is 59.2 Å². The first-order valence-corrected chi connectivity index (χ1v) is 9.77. The fourth-order valence-corrected chi connectivity index (χ4v) is 2.72. The molecule has 0 saturated heterocycles. The number of methoxy groups -OCH3 is 1. The van der Waals surface area contributed by atoms with Crippen LogP contribution in [0.3, 0.4) is 0 Å². The largest absolute Gasteiger partial charge is 0.497 e. The fraction of sp³-hybridized carbons (Fsp3) is 0.400. The van der Waals surface area contributed by atoms with E-state index in [4.69, 9.17) is 14.2 Å². The summed E-state index contributed by atoms with van der Waals surface area (Å²) in [7, 11) is 1.60. The van der Waals surface area contributed by atoms with Crippen LogP contribution in [0, 0.1) is 6.92 Å². The van der Waals surface area contributed by atoms with Crippen molar-refractivity contribution in [2.45, 2.75) is 59.7 Å². The van der Waals surface area contributed by atoms with Gasteiger partial charge in [-0.1, -0.05) is 6.08 Å². The Morgan fingerprint density at radius 2 is 1.45 bits per heavy atom. The van der Waals surface area contributed by atoms with Gasteiger partial charge >= 0.3 is 0 Å². The Labute approximate surface area is 174 Å². The summed E-state index contributed by atoms with van der Waals surface area (Å²) < 4.78 is 17.3. The molecule has 4 nitrogen and oxygen atoms in total. The van der Waals surface area contributed by atoms with Crippen molar-refractivity contribution < 1.29 is 19.0 Å². The van der Waals surface area contributed by atoms with Gasteiger partial charge in [0.15, 0.2) is 5.78 Å². The second-order valence-electron chi connectivity index (χ2n) is 8.99. The SMILES string of the molecule is COc1ccc(C(=O)/C=C/c2cc(OC(C)(C)C)cc(OC(C)(C)C)c2C)cc1. The predicted octanol–water partition coefficient (Wildman–Crippen LogP) is 6.25. The lowest BCUT2D eigenvalue weighted by molar-refractivity contribution is 0.104. The Kier molecular flexibility index (Phi) is 6.78. The van der Waals surface area contributed by atoms with E-state index in [1.807, 2.05) is 66.7 Å². The minimum Gasteiger partial charge on any atom is -0.497 e. The molecule has 0 radical (unpaired) electrons. The Morgan fingerprint density at radius 3 is 1.97 bits per heavy atom. The van der Waals surface area contributed by atoms with Crippen molar-refractivity contribution in [3.8, 4) is 17.2 Å². The van der Waals surface area contributed by atoms with E-state index in [2.05, 4.69) is 0 Å². The number of ketones is 1. The van der Waals surface area contributed by atoms with E-state index >= 15 is 0 Å². The normalized spacial score (nSPS) is 12.1. The second kappa shape index (κ2) is 8.73. The number of hydrogen-bond acceptors (Lipinski definition) is 4. The highest BCUT2D eigenvalue weighted by molar-refractivity contribution is 6.07. The average molecular weight is 397 g/mol. The first kappa shape index (κ1) is 22.5. The van der Waals surface area contributed by atoms with Gasteiger partial charge in [0.2, 0.25) is 0 Å². The summed E-state index contributed by atoms with van der Waals surface area (Å²) >= 11 is 0. The lowest BCUT2D eigenvalue weighted by Crippen LogP contribution is -2.25. The summed E-state index contributed by atoms with van der Waals surface area (Å²) in [5.41, 5.74) is 1.76. The van der Waals surface area contributed by atoms with Gasteiger partial charge in [-0.25, -0.2) is 0 Å². The first-order chi connectivity index (χ1) is 13.4. The molecule has 0 spiro atoms. The molecule has 4 heteroatoms. The smallest absolute Gasteiger partial charge is 0.185 e. The van der Waals surface area contributed by atoms with Gasteiger partial charge in [0.05, 0.1) is 7.11 Å². The Hall–Kier alpha value is -2.75. The molecule has 156 valence electrons. The maximum atomic E-state index is 12.6. The van der Waals surface area contributed by atoms with E-state index < -0.39 is 0 Å². The third kappa shape index (κ3) is 6.97. The molecule has 0 fully saturated rings. The number of hydrogen-bond donors (Lipinski definition) is 0. The van der Waals surface area contributed by atoms with E-state index in [1.165, 1.54) is 0 Å². The molecule has 2 aromatic rings. The molecule has 0 saturated carbocycles. The fourth-order valence-electron chi connectivity index (χ4n) is 2.72. The molecule has 0 aliphatic rings. The van der Waals surface area contributed by atoms with Gasteiger partial charge in [-0.15, -0.1) is 0 Å². The topological polar surface area (TPSA) is 44.8 Å². The van der Waals surface area contributed by atoms with Gasteiger partial charge in [0, 0.05) is 11.6 Å². The van der Waals surface area contributed by atoms with Gasteiger partial charge in [0.1, 0.15) is 28.5 Å². The molecule has 0 unspecified atom stereocenters. The number of rotatable bonds is 6. The van der Waals surface area contributed by atoms with Crippen molar-refractivity contribution in [3.63, 3.8) is 0 Å². The molecule has 0 bridgehead atoms. The van der Waals surface area contributed by atoms with Crippen LogP contribution in [0.5, 0.6) is 17.2 Å². The second-order valence-corrected chi connectivity index (χ2v) is 8.99. The van der Waals surface area contributed by atoms with Crippen LogP contribution in [-0.2, 0) is 0 Å². The van der Waals surface area contributed by atoms with Crippen molar-refractivity contribution in [2.75, 3.05) is 7.11 Å². The molecule has 2 aromatic carbocycles. The minimum atomic E-state index is -0.342. The maximum absolute atomic E-state index is 12.6. The third-order valence-electron chi connectivity index (χ3n) is 4.00. The molecule has 0 aromatic heterocycles. The highest BCUT2D eigenvalue weighted by Crippen LogP contribution is 2.33. The standard InChI is InChI=1S/C25H32O4/c1-17-19(11-14-22(26)18-9-12-20(27-8)13-10-18)15-21(28-24(2,3)4)16-23(17)29-25(5,6)7/h9-16H,1-8H3/b14-11+. The van der Waals surface area contributed by atoms with Gasteiger partial charge in [-0.05, 0) is 96.0 Å². The summed E-state index contributed by atoms with van der Waals surface area (Å²) in [6.07, 6.45) is 3.39. The van der Waals surface area contributed by atoms with Crippen LogP contribution in [0.25, 0.3) is 6.08 Å². The van der Waals surface area contributed by atoms with Crippen LogP contribution in [0.4, 0.5) is 0 Å². The van der Waals surface area contributed by atoms with E-state index in [0.29, 0.717) is 11.3 Å². The van der Waals surface area contributed by atoms with Crippen LogP contribution in [-0.4, -0.2) is 24.1 Å². The summed E-state index contributed by atoms with van der Waals surface area (Å²) in [6, 6.07) is 10.9.